The van der Waals surface area contributed by atoms with Gasteiger partial charge in [0.25, 0.3) is 0 Å². The number of benzene rings is 4. The molecule has 0 heterocycles. The van der Waals surface area contributed by atoms with E-state index < -0.39 is 0 Å². The standard InChI is InChI=1S/C24H19P/c25-24-22(19-12-6-2-7-13-19)17-16-21(18-10-4-1-5-11-18)23(24)20-14-8-3-9-15-20/h1-17H,25H2. The van der Waals surface area contributed by atoms with Gasteiger partial charge in [0, 0.05) is 0 Å². The fourth-order valence-corrected chi connectivity index (χ4v) is 3.85. The van der Waals surface area contributed by atoms with Gasteiger partial charge in [0.05, 0.1) is 0 Å². The van der Waals surface area contributed by atoms with Gasteiger partial charge >= 0.3 is 0 Å². The SMILES string of the molecule is Pc1c(-c2ccccc2)ccc(-c2ccccc2)c1-c1ccccc1. The average molecular weight is 338 g/mol. The Morgan fingerprint density at radius 1 is 0.400 bits per heavy atom. The second kappa shape index (κ2) is 7.05. The van der Waals surface area contributed by atoms with Crippen molar-refractivity contribution in [2.45, 2.75) is 0 Å². The van der Waals surface area contributed by atoms with E-state index >= 15 is 0 Å². The lowest BCUT2D eigenvalue weighted by atomic mass is 9.91. The van der Waals surface area contributed by atoms with Gasteiger partial charge in [-0.05, 0) is 38.7 Å². The van der Waals surface area contributed by atoms with Gasteiger partial charge in [-0.15, -0.1) is 9.24 Å². The summed E-state index contributed by atoms with van der Waals surface area (Å²) in [5.74, 6) is 0. The predicted molar refractivity (Wildman–Crippen MR) is 112 cm³/mol. The molecule has 25 heavy (non-hydrogen) atoms. The highest BCUT2D eigenvalue weighted by molar-refractivity contribution is 7.28. The minimum absolute atomic E-state index is 1.23. The first kappa shape index (κ1) is 15.8. The third-order valence-electron chi connectivity index (χ3n) is 4.48. The van der Waals surface area contributed by atoms with Crippen molar-refractivity contribution in [1.82, 2.24) is 0 Å². The molecule has 0 aliphatic rings. The summed E-state index contributed by atoms with van der Waals surface area (Å²) in [7, 11) is 2.98. The van der Waals surface area contributed by atoms with Gasteiger partial charge in [0.15, 0.2) is 0 Å². The van der Waals surface area contributed by atoms with Crippen molar-refractivity contribution in [3.63, 3.8) is 0 Å². The molecule has 1 atom stereocenters. The molecule has 0 spiro atoms. The molecule has 0 radical (unpaired) electrons. The van der Waals surface area contributed by atoms with Crippen LogP contribution < -0.4 is 5.30 Å². The summed E-state index contributed by atoms with van der Waals surface area (Å²) in [5, 5.41) is 1.23. The molecule has 0 saturated carbocycles. The van der Waals surface area contributed by atoms with E-state index in [1.807, 2.05) is 0 Å². The maximum Gasteiger partial charge on any atom is -0.00275 e. The van der Waals surface area contributed by atoms with Crippen LogP contribution in [0.25, 0.3) is 33.4 Å². The minimum atomic E-state index is 1.23. The topological polar surface area (TPSA) is 0 Å². The molecule has 4 aromatic carbocycles. The molecule has 0 N–H and O–H groups in total. The Bertz CT molecular complexity index is 974. The third-order valence-corrected chi connectivity index (χ3v) is 5.08. The second-order valence-electron chi connectivity index (χ2n) is 6.05. The molecule has 0 saturated heterocycles. The van der Waals surface area contributed by atoms with Crippen molar-refractivity contribution in [2.75, 3.05) is 0 Å². The van der Waals surface area contributed by atoms with E-state index in [0.29, 0.717) is 0 Å². The number of hydrogen-bond acceptors (Lipinski definition) is 0. The summed E-state index contributed by atoms with van der Waals surface area (Å²) in [6.07, 6.45) is 0. The van der Waals surface area contributed by atoms with Crippen molar-refractivity contribution in [3.05, 3.63) is 103 Å². The quantitative estimate of drug-likeness (QED) is 0.391. The molecule has 4 aromatic rings. The van der Waals surface area contributed by atoms with Crippen LogP contribution >= 0.6 is 9.24 Å². The fraction of sp³-hybridized carbons (Fsp3) is 0. The van der Waals surface area contributed by atoms with Crippen LogP contribution in [0, 0.1) is 0 Å². The molecule has 0 bridgehead atoms. The van der Waals surface area contributed by atoms with Gasteiger partial charge in [-0.3, -0.25) is 0 Å². The van der Waals surface area contributed by atoms with Crippen LogP contribution in [0.5, 0.6) is 0 Å². The summed E-state index contributed by atoms with van der Waals surface area (Å²) < 4.78 is 0. The molecule has 0 aliphatic heterocycles. The van der Waals surface area contributed by atoms with Gasteiger partial charge < -0.3 is 0 Å². The van der Waals surface area contributed by atoms with Crippen molar-refractivity contribution < 1.29 is 0 Å². The molecule has 0 fully saturated rings. The van der Waals surface area contributed by atoms with Crippen molar-refractivity contribution in [1.29, 1.82) is 0 Å². The number of rotatable bonds is 3. The van der Waals surface area contributed by atoms with Gasteiger partial charge in [-0.2, -0.15) is 0 Å². The maximum absolute atomic E-state index is 2.98. The van der Waals surface area contributed by atoms with Gasteiger partial charge in [-0.25, -0.2) is 0 Å². The zero-order valence-corrected chi connectivity index (χ0v) is 15.0. The Morgan fingerprint density at radius 3 is 1.32 bits per heavy atom. The van der Waals surface area contributed by atoms with Crippen molar-refractivity contribution in [2.24, 2.45) is 0 Å². The fourth-order valence-electron chi connectivity index (χ4n) is 3.26. The highest BCUT2D eigenvalue weighted by atomic mass is 31.0. The van der Waals surface area contributed by atoms with Crippen LogP contribution in [0.15, 0.2) is 103 Å². The van der Waals surface area contributed by atoms with Crippen molar-refractivity contribution in [3.8, 4) is 33.4 Å². The Hall–Kier alpha value is -2.69. The molecule has 1 heteroatoms. The zero-order chi connectivity index (χ0) is 17.1. The molecule has 0 aliphatic carbocycles. The van der Waals surface area contributed by atoms with E-state index in [2.05, 4.69) is 112 Å². The van der Waals surface area contributed by atoms with E-state index in [1.165, 1.54) is 38.7 Å². The molecule has 1 unspecified atom stereocenters. The Labute approximate surface area is 151 Å². The zero-order valence-electron chi connectivity index (χ0n) is 13.9. The largest absolute Gasteiger partial charge is 0.104 e. The lowest BCUT2D eigenvalue weighted by molar-refractivity contribution is 1.59. The predicted octanol–water partition coefficient (Wildman–Crippen LogP) is 6.19. The van der Waals surface area contributed by atoms with Crippen molar-refractivity contribution >= 4 is 14.5 Å². The highest BCUT2D eigenvalue weighted by Crippen LogP contribution is 2.35. The van der Waals surface area contributed by atoms with Crippen LogP contribution in [0.4, 0.5) is 0 Å². The van der Waals surface area contributed by atoms with Gasteiger partial charge in [0.2, 0.25) is 0 Å². The Kier molecular flexibility index (Phi) is 4.46. The molecule has 120 valence electrons. The molecule has 0 nitrogen and oxygen atoms in total. The molecule has 4 rings (SSSR count). The molecular weight excluding hydrogens is 319 g/mol. The minimum Gasteiger partial charge on any atom is -0.104 e. The monoisotopic (exact) mass is 338 g/mol. The summed E-state index contributed by atoms with van der Waals surface area (Å²) in [6, 6.07) is 36.3. The van der Waals surface area contributed by atoms with E-state index in [4.69, 9.17) is 0 Å². The van der Waals surface area contributed by atoms with E-state index in [1.54, 1.807) is 0 Å². The van der Waals surface area contributed by atoms with Gasteiger partial charge in [-0.1, -0.05) is 103 Å². The van der Waals surface area contributed by atoms with Gasteiger partial charge in [0.1, 0.15) is 0 Å². The first-order chi connectivity index (χ1) is 12.3. The maximum atomic E-state index is 2.98. The average Bonchev–Trinajstić information content (AvgIpc) is 2.70. The van der Waals surface area contributed by atoms with E-state index in [9.17, 15) is 0 Å². The first-order valence-corrected chi connectivity index (χ1v) is 9.01. The van der Waals surface area contributed by atoms with Crippen LogP contribution in [0.1, 0.15) is 0 Å². The summed E-state index contributed by atoms with van der Waals surface area (Å²) in [4.78, 5) is 0. The van der Waals surface area contributed by atoms with Crippen LogP contribution in [-0.4, -0.2) is 0 Å². The summed E-state index contributed by atoms with van der Waals surface area (Å²) in [6.45, 7) is 0. The smallest absolute Gasteiger partial charge is 0.00275 e. The molecular formula is C24H19P. The lowest BCUT2D eigenvalue weighted by Gasteiger charge is -2.17. The lowest BCUT2D eigenvalue weighted by Crippen LogP contribution is -2.04. The van der Waals surface area contributed by atoms with Crippen LogP contribution in [0.3, 0.4) is 0 Å². The molecule has 0 aromatic heterocycles. The first-order valence-electron chi connectivity index (χ1n) is 8.43. The summed E-state index contributed by atoms with van der Waals surface area (Å²) in [5.41, 5.74) is 7.51. The van der Waals surface area contributed by atoms with E-state index in [0.717, 1.165) is 0 Å². The Balaban J connectivity index is 2.00. The second-order valence-corrected chi connectivity index (χ2v) is 6.62. The number of hydrogen-bond donors (Lipinski definition) is 0. The summed E-state index contributed by atoms with van der Waals surface area (Å²) >= 11 is 0. The normalized spacial score (nSPS) is 10.6. The highest BCUT2D eigenvalue weighted by Gasteiger charge is 2.14. The third kappa shape index (κ3) is 3.14. The molecule has 0 amide bonds. The Morgan fingerprint density at radius 2 is 0.800 bits per heavy atom. The van der Waals surface area contributed by atoms with E-state index in [-0.39, 0.29) is 0 Å². The van der Waals surface area contributed by atoms with Crippen LogP contribution in [0.2, 0.25) is 0 Å². The van der Waals surface area contributed by atoms with Crippen LogP contribution in [-0.2, 0) is 0 Å².